The quantitative estimate of drug-likeness (QED) is 0.836. The third kappa shape index (κ3) is 2.09. The van der Waals surface area contributed by atoms with Gasteiger partial charge in [0.25, 0.3) is 0 Å². The molecular formula is C13H15BrN2O. The van der Waals surface area contributed by atoms with Crippen LogP contribution in [-0.4, -0.2) is 29.5 Å². The van der Waals surface area contributed by atoms with Crippen LogP contribution in [-0.2, 0) is 11.3 Å². The fourth-order valence-electron chi connectivity index (χ4n) is 1.87. The zero-order valence-corrected chi connectivity index (χ0v) is 11.8. The van der Waals surface area contributed by atoms with Gasteiger partial charge in [-0.1, -0.05) is 18.2 Å². The van der Waals surface area contributed by atoms with Crippen molar-refractivity contribution in [2.24, 2.45) is 0 Å². The highest BCUT2D eigenvalue weighted by Crippen LogP contribution is 2.30. The van der Waals surface area contributed by atoms with Crippen molar-refractivity contribution >= 4 is 32.7 Å². The monoisotopic (exact) mass is 294 g/mol. The summed E-state index contributed by atoms with van der Waals surface area (Å²) in [5.41, 5.74) is 2.17. The summed E-state index contributed by atoms with van der Waals surface area (Å²) >= 11 is 3.58. The fraction of sp³-hybridized carbons (Fsp3) is 0.308. The van der Waals surface area contributed by atoms with Crippen LogP contribution in [0.4, 0.5) is 0 Å². The van der Waals surface area contributed by atoms with E-state index >= 15 is 0 Å². The smallest absolute Gasteiger partial charge is 0.242 e. The van der Waals surface area contributed by atoms with Crippen molar-refractivity contribution in [2.45, 2.75) is 13.5 Å². The van der Waals surface area contributed by atoms with E-state index in [0.717, 1.165) is 21.1 Å². The van der Waals surface area contributed by atoms with E-state index in [1.807, 2.05) is 29.7 Å². The Bertz CT molecular complexity index is 572. The molecule has 0 unspecified atom stereocenters. The molecular weight excluding hydrogens is 280 g/mol. The number of halogens is 1. The molecule has 0 saturated carbocycles. The molecule has 0 N–H and O–H groups in total. The first kappa shape index (κ1) is 12.2. The van der Waals surface area contributed by atoms with Gasteiger partial charge in [0.05, 0.1) is 0 Å². The second-order valence-corrected chi connectivity index (χ2v) is 5.08. The molecule has 0 bridgehead atoms. The lowest BCUT2D eigenvalue weighted by Gasteiger charge is -2.13. The first-order chi connectivity index (χ1) is 8.02. The Labute approximate surface area is 109 Å². The lowest BCUT2D eigenvalue weighted by molar-refractivity contribution is -0.129. The number of nitrogens with zero attached hydrogens (tertiary/aromatic N) is 2. The maximum Gasteiger partial charge on any atom is 0.242 e. The topological polar surface area (TPSA) is 25.2 Å². The van der Waals surface area contributed by atoms with Gasteiger partial charge in [-0.2, -0.15) is 0 Å². The Kier molecular flexibility index (Phi) is 3.24. The zero-order valence-electron chi connectivity index (χ0n) is 10.2. The number of aromatic nitrogens is 1. The molecule has 0 radical (unpaired) electrons. The van der Waals surface area contributed by atoms with Crippen molar-refractivity contribution in [3.8, 4) is 0 Å². The van der Waals surface area contributed by atoms with Crippen LogP contribution in [0.2, 0.25) is 0 Å². The average Bonchev–Trinajstić information content (AvgIpc) is 2.55. The molecule has 90 valence electrons. The van der Waals surface area contributed by atoms with Gasteiger partial charge < -0.3 is 9.47 Å². The normalized spacial score (nSPS) is 10.8. The summed E-state index contributed by atoms with van der Waals surface area (Å²) in [7, 11) is 3.55. The van der Waals surface area contributed by atoms with Gasteiger partial charge in [0.1, 0.15) is 6.54 Å². The minimum Gasteiger partial charge on any atom is -0.347 e. The first-order valence-corrected chi connectivity index (χ1v) is 6.25. The number of para-hydroxylation sites is 1. The summed E-state index contributed by atoms with van der Waals surface area (Å²) in [6, 6.07) is 8.09. The number of hydrogen-bond acceptors (Lipinski definition) is 1. The van der Waals surface area contributed by atoms with Crippen LogP contribution in [0.15, 0.2) is 28.7 Å². The van der Waals surface area contributed by atoms with Crippen LogP contribution in [0.1, 0.15) is 5.69 Å². The molecule has 0 spiro atoms. The molecule has 3 nitrogen and oxygen atoms in total. The largest absolute Gasteiger partial charge is 0.347 e. The molecule has 1 amide bonds. The Morgan fingerprint density at radius 3 is 2.65 bits per heavy atom. The summed E-state index contributed by atoms with van der Waals surface area (Å²) < 4.78 is 3.11. The van der Waals surface area contributed by atoms with Gasteiger partial charge in [-0.3, -0.25) is 4.79 Å². The third-order valence-corrected chi connectivity index (χ3v) is 3.95. The molecule has 1 heterocycles. The number of hydrogen-bond donors (Lipinski definition) is 0. The van der Waals surface area contributed by atoms with Crippen LogP contribution >= 0.6 is 15.9 Å². The van der Waals surface area contributed by atoms with Crippen molar-refractivity contribution in [2.75, 3.05) is 14.1 Å². The first-order valence-electron chi connectivity index (χ1n) is 5.46. The lowest BCUT2D eigenvalue weighted by atomic mass is 10.2. The van der Waals surface area contributed by atoms with Crippen molar-refractivity contribution in [1.29, 1.82) is 0 Å². The number of carbonyl (C=O) groups excluding carboxylic acids is 1. The number of rotatable bonds is 2. The molecule has 17 heavy (non-hydrogen) atoms. The minimum atomic E-state index is 0.0985. The summed E-state index contributed by atoms with van der Waals surface area (Å²) in [4.78, 5) is 13.4. The van der Waals surface area contributed by atoms with Crippen molar-refractivity contribution in [3.05, 3.63) is 34.4 Å². The molecule has 0 fully saturated rings. The van der Waals surface area contributed by atoms with Gasteiger partial charge >= 0.3 is 0 Å². The number of fused-ring (bicyclic) bond motifs is 1. The van der Waals surface area contributed by atoms with Crippen LogP contribution in [0, 0.1) is 6.92 Å². The van der Waals surface area contributed by atoms with E-state index < -0.39 is 0 Å². The number of likely N-dealkylation sites (N-methyl/N-ethyl adjacent to an activating group) is 1. The summed E-state index contributed by atoms with van der Waals surface area (Å²) in [5, 5.41) is 1.15. The molecule has 0 aliphatic heterocycles. The van der Waals surface area contributed by atoms with Gasteiger partial charge in [0.2, 0.25) is 5.91 Å². The summed E-state index contributed by atoms with van der Waals surface area (Å²) in [5.74, 6) is 0.0985. The van der Waals surface area contributed by atoms with E-state index in [1.165, 1.54) is 0 Å². The highest BCUT2D eigenvalue weighted by Gasteiger charge is 2.14. The van der Waals surface area contributed by atoms with Crippen LogP contribution < -0.4 is 0 Å². The van der Waals surface area contributed by atoms with E-state index in [0.29, 0.717) is 6.54 Å². The van der Waals surface area contributed by atoms with Gasteiger partial charge in [-0.25, -0.2) is 0 Å². The average molecular weight is 295 g/mol. The van der Waals surface area contributed by atoms with E-state index in [4.69, 9.17) is 0 Å². The van der Waals surface area contributed by atoms with E-state index in [9.17, 15) is 4.79 Å². The van der Waals surface area contributed by atoms with Gasteiger partial charge in [-0.05, 0) is 28.9 Å². The molecule has 1 aromatic heterocycles. The Balaban J connectivity index is 2.54. The molecule has 0 atom stereocenters. The second-order valence-electron chi connectivity index (χ2n) is 4.29. The van der Waals surface area contributed by atoms with E-state index in [1.54, 1.807) is 19.0 Å². The van der Waals surface area contributed by atoms with Gasteiger partial charge in [0, 0.05) is 35.2 Å². The Morgan fingerprint density at radius 2 is 2.00 bits per heavy atom. The molecule has 2 aromatic rings. The van der Waals surface area contributed by atoms with Crippen molar-refractivity contribution < 1.29 is 4.79 Å². The van der Waals surface area contributed by atoms with Gasteiger partial charge in [-0.15, -0.1) is 0 Å². The minimum absolute atomic E-state index is 0.0985. The highest BCUT2D eigenvalue weighted by atomic mass is 79.9. The number of carbonyl (C=O) groups is 1. The van der Waals surface area contributed by atoms with Gasteiger partial charge in [0.15, 0.2) is 0 Å². The molecule has 0 aliphatic rings. The van der Waals surface area contributed by atoms with E-state index in [2.05, 4.69) is 22.0 Å². The van der Waals surface area contributed by atoms with Crippen LogP contribution in [0.25, 0.3) is 10.9 Å². The molecule has 2 rings (SSSR count). The van der Waals surface area contributed by atoms with Crippen molar-refractivity contribution in [3.63, 3.8) is 0 Å². The molecule has 0 saturated heterocycles. The standard InChI is InChI=1S/C13H15BrN2O/c1-9-13(14)10-6-4-5-7-11(10)16(9)8-12(17)15(2)3/h4-7H,8H2,1-3H3. The predicted octanol–water partition coefficient (Wildman–Crippen LogP) is 2.80. The van der Waals surface area contributed by atoms with E-state index in [-0.39, 0.29) is 5.91 Å². The fourth-order valence-corrected chi connectivity index (χ4v) is 2.42. The lowest BCUT2D eigenvalue weighted by Crippen LogP contribution is -2.26. The maximum atomic E-state index is 11.8. The SMILES string of the molecule is Cc1c(Br)c2ccccc2n1CC(=O)N(C)C. The predicted molar refractivity (Wildman–Crippen MR) is 73.1 cm³/mol. The maximum absolute atomic E-state index is 11.8. The summed E-state index contributed by atoms with van der Waals surface area (Å²) in [6.07, 6.45) is 0. The summed E-state index contributed by atoms with van der Waals surface area (Å²) in [6.45, 7) is 2.40. The zero-order chi connectivity index (χ0) is 12.6. The highest BCUT2D eigenvalue weighted by molar-refractivity contribution is 9.10. The molecule has 1 aromatic carbocycles. The molecule has 0 aliphatic carbocycles. The van der Waals surface area contributed by atoms with Crippen molar-refractivity contribution in [1.82, 2.24) is 9.47 Å². The number of benzene rings is 1. The Morgan fingerprint density at radius 1 is 1.35 bits per heavy atom. The second kappa shape index (κ2) is 4.53. The number of amides is 1. The third-order valence-electron chi connectivity index (χ3n) is 2.95. The van der Waals surface area contributed by atoms with Crippen LogP contribution in [0.5, 0.6) is 0 Å². The van der Waals surface area contributed by atoms with Crippen LogP contribution in [0.3, 0.4) is 0 Å². The molecule has 4 heteroatoms. The Hall–Kier alpha value is -1.29.